The van der Waals surface area contributed by atoms with Gasteiger partial charge in [-0.1, -0.05) is 59.2 Å². The number of aryl methyl sites for hydroxylation is 1. The van der Waals surface area contributed by atoms with Crippen molar-refractivity contribution in [3.63, 3.8) is 0 Å². The van der Waals surface area contributed by atoms with E-state index in [1.807, 2.05) is 54.6 Å². The lowest BCUT2D eigenvalue weighted by molar-refractivity contribution is 0.399. The lowest BCUT2D eigenvalue weighted by Gasteiger charge is -2.00. The molecule has 0 bridgehead atoms. The Kier molecular flexibility index (Phi) is 4.95. The van der Waals surface area contributed by atoms with Gasteiger partial charge in [-0.05, 0) is 30.7 Å². The molecule has 4 rings (SSSR count). The first kappa shape index (κ1) is 18.0. The summed E-state index contributed by atoms with van der Waals surface area (Å²) in [4.78, 5) is 0. The third kappa shape index (κ3) is 3.54. The molecular weight excluding hydrogens is 378 g/mol. The highest BCUT2D eigenvalue weighted by atomic mass is 35.5. The summed E-state index contributed by atoms with van der Waals surface area (Å²) < 4.78 is 16.4. The summed E-state index contributed by atoms with van der Waals surface area (Å²) in [6.07, 6.45) is 1.74. The largest absolute Gasteiger partial charge is 0.497 e. The molecule has 0 unspecified atom stereocenters. The zero-order chi connectivity index (χ0) is 19.5. The normalized spacial score (nSPS) is 11.6. The smallest absolute Gasteiger partial charge is 0.259 e. The number of rotatable bonds is 5. The van der Waals surface area contributed by atoms with E-state index in [0.717, 1.165) is 16.9 Å². The summed E-state index contributed by atoms with van der Waals surface area (Å²) in [7, 11) is 1.61. The third-order valence-electron chi connectivity index (χ3n) is 4.14. The summed E-state index contributed by atoms with van der Waals surface area (Å²) in [6, 6.07) is 17.2. The van der Waals surface area contributed by atoms with Crippen LogP contribution in [-0.4, -0.2) is 22.5 Å². The molecule has 0 saturated heterocycles. The van der Waals surface area contributed by atoms with E-state index in [-0.39, 0.29) is 5.89 Å². The standard InChI is InChI=1S/C21H16ClN3O3/c1-13-18(19(25-28-13)15-8-4-3-5-9-15)21-24-23-20(27-21)17(22)12-14-7-6-10-16(11-14)26-2/h3-12H,1-2H3/b17-12-. The topological polar surface area (TPSA) is 74.2 Å². The van der Waals surface area contributed by atoms with E-state index in [2.05, 4.69) is 15.4 Å². The molecule has 0 saturated carbocycles. The number of hydrogen-bond acceptors (Lipinski definition) is 6. The van der Waals surface area contributed by atoms with Crippen LogP contribution in [0.4, 0.5) is 0 Å². The minimum Gasteiger partial charge on any atom is -0.497 e. The molecule has 4 aromatic rings. The van der Waals surface area contributed by atoms with E-state index in [0.29, 0.717) is 27.9 Å². The van der Waals surface area contributed by atoms with E-state index in [4.69, 9.17) is 25.3 Å². The molecule has 0 aliphatic carbocycles. The fourth-order valence-corrected chi connectivity index (χ4v) is 2.98. The fourth-order valence-electron chi connectivity index (χ4n) is 2.78. The lowest BCUT2D eigenvalue weighted by atomic mass is 10.1. The maximum Gasteiger partial charge on any atom is 0.259 e. The van der Waals surface area contributed by atoms with Crippen LogP contribution in [0.1, 0.15) is 17.2 Å². The number of hydrogen-bond donors (Lipinski definition) is 0. The molecule has 2 heterocycles. The molecule has 0 atom stereocenters. The maximum absolute atomic E-state index is 6.39. The first-order valence-electron chi connectivity index (χ1n) is 8.53. The van der Waals surface area contributed by atoms with Crippen molar-refractivity contribution in [3.05, 3.63) is 71.8 Å². The molecule has 28 heavy (non-hydrogen) atoms. The van der Waals surface area contributed by atoms with Crippen molar-refractivity contribution < 1.29 is 13.7 Å². The molecular formula is C21H16ClN3O3. The van der Waals surface area contributed by atoms with E-state index >= 15 is 0 Å². The van der Waals surface area contributed by atoms with Crippen molar-refractivity contribution in [1.82, 2.24) is 15.4 Å². The number of halogens is 1. The van der Waals surface area contributed by atoms with Gasteiger partial charge < -0.3 is 13.7 Å². The number of nitrogens with zero attached hydrogens (tertiary/aromatic N) is 3. The highest BCUT2D eigenvalue weighted by Crippen LogP contribution is 2.34. The van der Waals surface area contributed by atoms with Gasteiger partial charge in [-0.15, -0.1) is 10.2 Å². The molecule has 0 amide bonds. The Labute approximate surface area is 166 Å². The highest BCUT2D eigenvalue weighted by Gasteiger charge is 2.22. The third-order valence-corrected chi connectivity index (χ3v) is 4.41. The van der Waals surface area contributed by atoms with Crippen LogP contribution < -0.4 is 4.74 Å². The average Bonchev–Trinajstić information content (AvgIpc) is 3.35. The second-order valence-electron chi connectivity index (χ2n) is 6.01. The first-order valence-corrected chi connectivity index (χ1v) is 8.90. The zero-order valence-electron chi connectivity index (χ0n) is 15.2. The van der Waals surface area contributed by atoms with Gasteiger partial charge >= 0.3 is 0 Å². The summed E-state index contributed by atoms with van der Waals surface area (Å²) in [5.74, 6) is 1.82. The van der Waals surface area contributed by atoms with Crippen LogP contribution in [-0.2, 0) is 0 Å². The molecule has 2 aromatic carbocycles. The Balaban J connectivity index is 1.69. The van der Waals surface area contributed by atoms with Crippen molar-refractivity contribution in [2.45, 2.75) is 6.92 Å². The van der Waals surface area contributed by atoms with Crippen molar-refractivity contribution in [3.8, 4) is 28.5 Å². The van der Waals surface area contributed by atoms with Crippen LogP contribution in [0.3, 0.4) is 0 Å². The number of ether oxygens (including phenoxy) is 1. The van der Waals surface area contributed by atoms with Gasteiger partial charge in [0, 0.05) is 5.56 Å². The first-order chi connectivity index (χ1) is 13.7. The van der Waals surface area contributed by atoms with Crippen LogP contribution in [0, 0.1) is 6.92 Å². The van der Waals surface area contributed by atoms with Gasteiger partial charge in [0.15, 0.2) is 0 Å². The van der Waals surface area contributed by atoms with Crippen LogP contribution in [0.25, 0.3) is 33.8 Å². The van der Waals surface area contributed by atoms with Crippen molar-refractivity contribution in [2.24, 2.45) is 0 Å². The SMILES string of the molecule is COc1cccc(/C=C(\Cl)c2nnc(-c3c(-c4ccccc4)noc3C)o2)c1. The Morgan fingerprint density at radius 2 is 1.89 bits per heavy atom. The number of benzene rings is 2. The Hall–Kier alpha value is -3.38. The monoisotopic (exact) mass is 393 g/mol. The molecule has 0 N–H and O–H groups in total. The molecule has 0 aliphatic heterocycles. The molecule has 0 radical (unpaired) electrons. The molecule has 0 spiro atoms. The minimum absolute atomic E-state index is 0.207. The number of methoxy groups -OCH3 is 1. The minimum atomic E-state index is 0.207. The van der Waals surface area contributed by atoms with Gasteiger partial charge in [-0.3, -0.25) is 0 Å². The van der Waals surface area contributed by atoms with Gasteiger partial charge in [0.05, 0.1) is 7.11 Å². The summed E-state index contributed by atoms with van der Waals surface area (Å²) >= 11 is 6.39. The molecule has 0 fully saturated rings. The quantitative estimate of drug-likeness (QED) is 0.449. The van der Waals surface area contributed by atoms with Crippen LogP contribution in [0.5, 0.6) is 5.75 Å². The second kappa shape index (κ2) is 7.70. The summed E-state index contributed by atoms with van der Waals surface area (Å²) in [5.41, 5.74) is 3.04. The Morgan fingerprint density at radius 1 is 1.07 bits per heavy atom. The molecule has 2 aromatic heterocycles. The highest BCUT2D eigenvalue weighted by molar-refractivity contribution is 6.50. The predicted octanol–water partition coefficient (Wildman–Crippen LogP) is 5.45. The van der Waals surface area contributed by atoms with Crippen molar-refractivity contribution in [1.29, 1.82) is 0 Å². The number of aromatic nitrogens is 3. The van der Waals surface area contributed by atoms with Crippen LogP contribution >= 0.6 is 11.6 Å². The summed E-state index contributed by atoms with van der Waals surface area (Å²) in [6.45, 7) is 1.80. The zero-order valence-corrected chi connectivity index (χ0v) is 16.0. The average molecular weight is 394 g/mol. The van der Waals surface area contributed by atoms with Crippen molar-refractivity contribution >= 4 is 22.7 Å². The second-order valence-corrected chi connectivity index (χ2v) is 6.42. The fraction of sp³-hybridized carbons (Fsp3) is 0.0952. The van der Waals surface area contributed by atoms with Crippen LogP contribution in [0.2, 0.25) is 0 Å². The Bertz CT molecular complexity index is 1130. The maximum atomic E-state index is 6.39. The van der Waals surface area contributed by atoms with Crippen LogP contribution in [0.15, 0.2) is 63.5 Å². The van der Waals surface area contributed by atoms with E-state index < -0.39 is 0 Å². The van der Waals surface area contributed by atoms with Gasteiger partial charge in [-0.2, -0.15) is 0 Å². The summed E-state index contributed by atoms with van der Waals surface area (Å²) in [5, 5.41) is 12.7. The lowest BCUT2D eigenvalue weighted by Crippen LogP contribution is -1.84. The van der Waals surface area contributed by atoms with E-state index in [1.54, 1.807) is 20.1 Å². The van der Waals surface area contributed by atoms with Gasteiger partial charge in [0.2, 0.25) is 0 Å². The molecule has 0 aliphatic rings. The Morgan fingerprint density at radius 3 is 2.68 bits per heavy atom. The van der Waals surface area contributed by atoms with E-state index in [9.17, 15) is 0 Å². The van der Waals surface area contributed by atoms with Gasteiger partial charge in [0.25, 0.3) is 11.8 Å². The molecule has 140 valence electrons. The predicted molar refractivity (Wildman–Crippen MR) is 107 cm³/mol. The van der Waals surface area contributed by atoms with Crippen molar-refractivity contribution in [2.75, 3.05) is 7.11 Å². The molecule has 6 nitrogen and oxygen atoms in total. The van der Waals surface area contributed by atoms with Gasteiger partial charge in [-0.25, -0.2) is 0 Å². The van der Waals surface area contributed by atoms with Gasteiger partial charge in [0.1, 0.15) is 27.8 Å². The molecule has 7 heteroatoms. The van der Waals surface area contributed by atoms with E-state index in [1.165, 1.54) is 0 Å².